The molecule has 1 aliphatic heterocycles. The Labute approximate surface area is 167 Å². The second-order valence-electron chi connectivity index (χ2n) is 9.06. The van der Waals surface area contributed by atoms with E-state index in [1.807, 2.05) is 6.92 Å². The molecule has 3 aliphatic carbocycles. The van der Waals surface area contributed by atoms with E-state index in [0.717, 1.165) is 25.8 Å². The lowest BCUT2D eigenvalue weighted by molar-refractivity contribution is -0.133. The summed E-state index contributed by atoms with van der Waals surface area (Å²) < 4.78 is 5.72. The number of nitrogens with zero attached hydrogens (tertiary/aromatic N) is 2. The van der Waals surface area contributed by atoms with Crippen molar-refractivity contribution >= 4 is 11.9 Å². The molecule has 2 fully saturated rings. The summed E-state index contributed by atoms with van der Waals surface area (Å²) in [7, 11) is 1.72. The minimum Gasteiger partial charge on any atom is -0.478 e. The molecule has 0 aromatic rings. The fourth-order valence-electron chi connectivity index (χ4n) is 7.19. The highest BCUT2D eigenvalue weighted by Crippen LogP contribution is 2.75. The molecule has 6 heteroatoms. The summed E-state index contributed by atoms with van der Waals surface area (Å²) in [6.45, 7) is 6.27. The summed E-state index contributed by atoms with van der Waals surface area (Å²) in [5, 5.41) is 10.1. The molecular formula is C22H33N3O3. The molecule has 3 N–H and O–H groups in total. The highest BCUT2D eigenvalue weighted by molar-refractivity contribution is 5.90. The van der Waals surface area contributed by atoms with E-state index >= 15 is 0 Å². The third-order valence-corrected chi connectivity index (χ3v) is 8.25. The molecule has 0 amide bonds. The Morgan fingerprint density at radius 1 is 1.46 bits per heavy atom. The van der Waals surface area contributed by atoms with Crippen LogP contribution in [-0.4, -0.2) is 48.7 Å². The largest absolute Gasteiger partial charge is 0.478 e. The molecule has 4 aliphatic rings. The molecule has 5 atom stereocenters. The standard InChI is InChI=1S/C22H33N3O3/c1-4-28-12-15-11-22-14(2)6-7-16(10-17(22)18(15)19(26)27)21(22)8-5-9-25(13-21)20(23)24-3/h5,9,14-16H,4,6-8,10-13H2,1-3H3,(H2,23,24)(H,26,27). The molecule has 1 heterocycles. The first-order chi connectivity index (χ1) is 13.4. The van der Waals surface area contributed by atoms with Gasteiger partial charge in [-0.15, -0.1) is 0 Å². The van der Waals surface area contributed by atoms with Crippen LogP contribution in [0.1, 0.15) is 46.0 Å². The van der Waals surface area contributed by atoms with Crippen LogP contribution in [0, 0.1) is 28.6 Å². The number of aliphatic imine (C=N–C) groups is 1. The third-order valence-electron chi connectivity index (χ3n) is 8.25. The maximum Gasteiger partial charge on any atom is 0.331 e. The summed E-state index contributed by atoms with van der Waals surface area (Å²) in [6, 6.07) is 0. The molecule has 0 saturated heterocycles. The van der Waals surface area contributed by atoms with E-state index in [2.05, 4.69) is 29.1 Å². The van der Waals surface area contributed by atoms with Gasteiger partial charge in [-0.05, 0) is 50.9 Å². The lowest BCUT2D eigenvalue weighted by atomic mass is 9.49. The predicted molar refractivity (Wildman–Crippen MR) is 109 cm³/mol. The van der Waals surface area contributed by atoms with Crippen molar-refractivity contribution in [2.24, 2.45) is 39.3 Å². The van der Waals surface area contributed by atoms with Gasteiger partial charge in [0.25, 0.3) is 0 Å². The first kappa shape index (κ1) is 19.5. The van der Waals surface area contributed by atoms with Gasteiger partial charge in [0.1, 0.15) is 0 Å². The van der Waals surface area contributed by atoms with Crippen molar-refractivity contribution in [2.45, 2.75) is 46.0 Å². The third kappa shape index (κ3) is 2.43. The van der Waals surface area contributed by atoms with Crippen molar-refractivity contribution in [3.8, 4) is 0 Å². The number of allylic oxidation sites excluding steroid dienone is 2. The maximum atomic E-state index is 12.3. The number of guanidine groups is 1. The Kier molecular flexibility index (Phi) is 4.81. The van der Waals surface area contributed by atoms with E-state index in [0.29, 0.717) is 36.6 Å². The van der Waals surface area contributed by atoms with Crippen molar-refractivity contribution < 1.29 is 14.6 Å². The normalized spacial score (nSPS) is 39.8. The topological polar surface area (TPSA) is 88.2 Å². The van der Waals surface area contributed by atoms with E-state index in [4.69, 9.17) is 10.5 Å². The average Bonchev–Trinajstić information content (AvgIpc) is 3.08. The van der Waals surface area contributed by atoms with Gasteiger partial charge in [0.15, 0.2) is 5.96 Å². The summed E-state index contributed by atoms with van der Waals surface area (Å²) in [4.78, 5) is 18.6. The fourth-order valence-corrected chi connectivity index (χ4v) is 7.19. The molecule has 28 heavy (non-hydrogen) atoms. The molecule has 2 saturated carbocycles. The van der Waals surface area contributed by atoms with Crippen LogP contribution < -0.4 is 5.73 Å². The molecule has 4 rings (SSSR count). The average molecular weight is 388 g/mol. The van der Waals surface area contributed by atoms with Gasteiger partial charge in [-0.25, -0.2) is 4.79 Å². The second kappa shape index (κ2) is 6.90. The molecule has 154 valence electrons. The highest BCUT2D eigenvalue weighted by Gasteiger charge is 2.70. The molecule has 2 bridgehead atoms. The lowest BCUT2D eigenvalue weighted by Gasteiger charge is -2.57. The van der Waals surface area contributed by atoms with Gasteiger partial charge < -0.3 is 20.5 Å². The number of hydrogen-bond donors (Lipinski definition) is 2. The number of carbonyl (C=O) groups is 1. The quantitative estimate of drug-likeness (QED) is 0.572. The summed E-state index contributed by atoms with van der Waals surface area (Å²) in [5.41, 5.74) is 8.03. The minimum absolute atomic E-state index is 0.0117. The Bertz CT molecular complexity index is 758. The number of rotatable bonds is 4. The van der Waals surface area contributed by atoms with Crippen LogP contribution in [0.3, 0.4) is 0 Å². The Morgan fingerprint density at radius 3 is 2.93 bits per heavy atom. The van der Waals surface area contributed by atoms with Crippen molar-refractivity contribution in [2.75, 3.05) is 26.8 Å². The monoisotopic (exact) mass is 387 g/mol. The first-order valence-corrected chi connectivity index (χ1v) is 10.6. The molecule has 0 aromatic carbocycles. The van der Waals surface area contributed by atoms with Gasteiger partial charge in [-0.2, -0.15) is 0 Å². The van der Waals surface area contributed by atoms with Crippen LogP contribution in [0.5, 0.6) is 0 Å². The van der Waals surface area contributed by atoms with Gasteiger partial charge in [0, 0.05) is 48.7 Å². The van der Waals surface area contributed by atoms with Crippen LogP contribution in [0.4, 0.5) is 0 Å². The number of hydrogen-bond acceptors (Lipinski definition) is 3. The molecule has 0 aromatic heterocycles. The van der Waals surface area contributed by atoms with Gasteiger partial charge in [0.2, 0.25) is 0 Å². The van der Waals surface area contributed by atoms with Crippen LogP contribution in [0.15, 0.2) is 28.4 Å². The molecule has 0 radical (unpaired) electrons. The maximum absolute atomic E-state index is 12.3. The fraction of sp³-hybridized carbons (Fsp3) is 0.727. The molecule has 2 spiro atoms. The van der Waals surface area contributed by atoms with Gasteiger partial charge in [-0.3, -0.25) is 4.99 Å². The Hall–Kier alpha value is -1.82. The summed E-state index contributed by atoms with van der Waals surface area (Å²) in [5.74, 6) is 0.762. The Balaban J connectivity index is 1.83. The summed E-state index contributed by atoms with van der Waals surface area (Å²) in [6.07, 6.45) is 9.43. The van der Waals surface area contributed by atoms with Crippen LogP contribution in [0.25, 0.3) is 0 Å². The van der Waals surface area contributed by atoms with Crippen molar-refractivity contribution in [1.29, 1.82) is 0 Å². The number of ether oxygens (including phenoxy) is 1. The van der Waals surface area contributed by atoms with E-state index in [1.165, 1.54) is 18.4 Å². The second-order valence-corrected chi connectivity index (χ2v) is 9.06. The van der Waals surface area contributed by atoms with Gasteiger partial charge in [0.05, 0.1) is 6.61 Å². The van der Waals surface area contributed by atoms with Crippen LogP contribution >= 0.6 is 0 Å². The Morgan fingerprint density at radius 2 is 2.25 bits per heavy atom. The van der Waals surface area contributed by atoms with E-state index < -0.39 is 5.97 Å². The van der Waals surface area contributed by atoms with E-state index in [1.54, 1.807) is 7.05 Å². The molecular weight excluding hydrogens is 354 g/mol. The number of carboxylic acids is 1. The number of aliphatic carboxylic acids is 1. The number of nitrogens with two attached hydrogens (primary N) is 1. The number of carboxylic acid groups (broad SMARTS) is 1. The lowest BCUT2D eigenvalue weighted by Crippen LogP contribution is -2.56. The van der Waals surface area contributed by atoms with Crippen molar-refractivity contribution in [3.63, 3.8) is 0 Å². The first-order valence-electron chi connectivity index (χ1n) is 10.6. The van der Waals surface area contributed by atoms with Crippen LogP contribution in [-0.2, 0) is 9.53 Å². The molecule has 5 unspecified atom stereocenters. The predicted octanol–water partition coefficient (Wildman–Crippen LogP) is 3.01. The van der Waals surface area contributed by atoms with E-state index in [-0.39, 0.29) is 16.7 Å². The van der Waals surface area contributed by atoms with Crippen molar-refractivity contribution in [1.82, 2.24) is 4.90 Å². The zero-order valence-electron chi connectivity index (χ0n) is 17.3. The highest BCUT2D eigenvalue weighted by atomic mass is 16.5. The van der Waals surface area contributed by atoms with Crippen LogP contribution in [0.2, 0.25) is 0 Å². The smallest absolute Gasteiger partial charge is 0.331 e. The SMILES string of the molecule is CCOCC1CC23C(=C1C(=O)O)CC(CCC2C)C31CC=CN(C(N)=NC)C1. The summed E-state index contributed by atoms with van der Waals surface area (Å²) >= 11 is 0. The zero-order valence-corrected chi connectivity index (χ0v) is 17.3. The van der Waals surface area contributed by atoms with E-state index in [9.17, 15) is 9.90 Å². The minimum atomic E-state index is -0.746. The van der Waals surface area contributed by atoms with Gasteiger partial charge in [-0.1, -0.05) is 18.6 Å². The van der Waals surface area contributed by atoms with Gasteiger partial charge >= 0.3 is 5.97 Å². The van der Waals surface area contributed by atoms with Crippen molar-refractivity contribution in [3.05, 3.63) is 23.4 Å². The molecule has 6 nitrogen and oxygen atoms in total. The zero-order chi connectivity index (χ0) is 20.1.